The summed E-state index contributed by atoms with van der Waals surface area (Å²) in [7, 11) is 0. The predicted octanol–water partition coefficient (Wildman–Crippen LogP) is 3.30. The molecule has 0 bridgehead atoms. The summed E-state index contributed by atoms with van der Waals surface area (Å²) in [5.41, 5.74) is -3.30. The van der Waals surface area contributed by atoms with Crippen molar-refractivity contribution in [2.45, 2.75) is 12.5 Å². The van der Waals surface area contributed by atoms with Crippen LogP contribution in [0.15, 0.2) is 6.20 Å². The molecule has 0 radical (unpaired) electrons. The highest BCUT2D eigenvalue weighted by Gasteiger charge is 2.43. The molecule has 1 heterocycles. The number of pyridine rings is 1. The Morgan fingerprint density at radius 3 is 2.16 bits per heavy atom. The number of nitrogens with zero attached hydrogens (tertiary/aromatic N) is 1. The first kappa shape index (κ1) is 15.8. The molecule has 0 fully saturated rings. The fourth-order valence-electron chi connectivity index (χ4n) is 1.10. The first-order valence-corrected chi connectivity index (χ1v) is 5.26. The molecule has 0 spiro atoms. The number of carboxylic acids is 1. The standard InChI is InChI=1S/C8H2F6INO3/c9-7(10,11)3-2(15)1-16-4(6(17)18)5(3)19-8(12,13)14/h1H,(H,17,18). The maximum Gasteiger partial charge on any atom is 0.573 e. The highest BCUT2D eigenvalue weighted by atomic mass is 127. The third kappa shape index (κ3) is 3.84. The zero-order valence-corrected chi connectivity index (χ0v) is 10.6. The van der Waals surface area contributed by atoms with Crippen LogP contribution in [-0.4, -0.2) is 22.4 Å². The minimum Gasteiger partial charge on any atom is -0.476 e. The van der Waals surface area contributed by atoms with Crippen LogP contribution in [0, 0.1) is 3.57 Å². The molecule has 0 aromatic carbocycles. The molecular formula is C8H2F6INO3. The lowest BCUT2D eigenvalue weighted by Crippen LogP contribution is -2.23. The molecule has 106 valence electrons. The van der Waals surface area contributed by atoms with Gasteiger partial charge in [-0.15, -0.1) is 13.2 Å². The van der Waals surface area contributed by atoms with Crippen LogP contribution >= 0.6 is 22.6 Å². The van der Waals surface area contributed by atoms with Gasteiger partial charge in [-0.05, 0) is 22.6 Å². The van der Waals surface area contributed by atoms with E-state index in [2.05, 4.69) is 9.72 Å². The number of ether oxygens (including phenoxy) is 1. The van der Waals surface area contributed by atoms with Gasteiger partial charge in [0.15, 0.2) is 11.4 Å². The monoisotopic (exact) mass is 401 g/mol. The average molecular weight is 401 g/mol. The second-order valence-electron chi connectivity index (χ2n) is 3.01. The van der Waals surface area contributed by atoms with E-state index in [1.54, 1.807) is 0 Å². The molecule has 1 aromatic heterocycles. The zero-order valence-electron chi connectivity index (χ0n) is 8.43. The molecule has 19 heavy (non-hydrogen) atoms. The summed E-state index contributed by atoms with van der Waals surface area (Å²) < 4.78 is 76.6. The van der Waals surface area contributed by atoms with Gasteiger partial charge in [0, 0.05) is 9.77 Å². The number of rotatable bonds is 2. The van der Waals surface area contributed by atoms with Gasteiger partial charge in [-0.25, -0.2) is 9.78 Å². The molecule has 1 N–H and O–H groups in total. The quantitative estimate of drug-likeness (QED) is 0.611. The van der Waals surface area contributed by atoms with Gasteiger partial charge in [-0.1, -0.05) is 0 Å². The molecular weight excluding hydrogens is 399 g/mol. The summed E-state index contributed by atoms with van der Waals surface area (Å²) in [5.74, 6) is -3.94. The number of halogens is 7. The predicted molar refractivity (Wildman–Crippen MR) is 55.6 cm³/mol. The van der Waals surface area contributed by atoms with Crippen molar-refractivity contribution in [1.29, 1.82) is 0 Å². The third-order valence-corrected chi connectivity index (χ3v) is 2.51. The fourth-order valence-corrected chi connectivity index (χ4v) is 1.79. The molecule has 0 amide bonds. The van der Waals surface area contributed by atoms with Gasteiger partial charge >= 0.3 is 18.5 Å². The van der Waals surface area contributed by atoms with Crippen molar-refractivity contribution in [2.24, 2.45) is 0 Å². The van der Waals surface area contributed by atoms with Gasteiger partial charge in [0.1, 0.15) is 5.56 Å². The molecule has 1 aromatic rings. The van der Waals surface area contributed by atoms with Crippen molar-refractivity contribution in [3.63, 3.8) is 0 Å². The summed E-state index contributed by atoms with van der Waals surface area (Å²) in [6.45, 7) is 0. The maximum atomic E-state index is 12.7. The van der Waals surface area contributed by atoms with Crippen molar-refractivity contribution in [3.8, 4) is 5.75 Å². The van der Waals surface area contributed by atoms with Crippen LogP contribution in [0.2, 0.25) is 0 Å². The molecule has 1 rings (SSSR count). The second-order valence-corrected chi connectivity index (χ2v) is 4.17. The van der Waals surface area contributed by atoms with Gasteiger partial charge < -0.3 is 9.84 Å². The molecule has 0 atom stereocenters. The number of aromatic carboxylic acids is 1. The van der Waals surface area contributed by atoms with E-state index >= 15 is 0 Å². The molecule has 11 heteroatoms. The number of hydrogen-bond acceptors (Lipinski definition) is 3. The van der Waals surface area contributed by atoms with Crippen LogP contribution in [0.25, 0.3) is 0 Å². The van der Waals surface area contributed by atoms with Gasteiger partial charge in [0.25, 0.3) is 0 Å². The van der Waals surface area contributed by atoms with Crippen molar-refractivity contribution in [1.82, 2.24) is 4.98 Å². The maximum absolute atomic E-state index is 12.7. The summed E-state index contributed by atoms with van der Waals surface area (Å²) >= 11 is 1.08. The minimum absolute atomic E-state index is 0.496. The number of carboxylic acid groups (broad SMARTS) is 1. The summed E-state index contributed by atoms with van der Waals surface area (Å²) in [6, 6.07) is 0. The molecule has 0 aliphatic rings. The lowest BCUT2D eigenvalue weighted by atomic mass is 10.2. The number of hydrogen-bond donors (Lipinski definition) is 1. The first-order valence-electron chi connectivity index (χ1n) is 4.18. The van der Waals surface area contributed by atoms with E-state index in [0.717, 1.165) is 22.6 Å². The molecule has 0 saturated carbocycles. The summed E-state index contributed by atoms with van der Waals surface area (Å²) in [5, 5.41) is 8.56. The van der Waals surface area contributed by atoms with E-state index in [1.165, 1.54) is 0 Å². The van der Waals surface area contributed by atoms with E-state index in [1.807, 2.05) is 0 Å². The Labute approximate surface area is 114 Å². The van der Waals surface area contributed by atoms with E-state index in [9.17, 15) is 31.1 Å². The molecule has 0 aliphatic carbocycles. The Morgan fingerprint density at radius 2 is 1.79 bits per heavy atom. The van der Waals surface area contributed by atoms with Crippen molar-refractivity contribution < 1.29 is 41.0 Å². The normalized spacial score (nSPS) is 12.4. The van der Waals surface area contributed by atoms with Gasteiger partial charge in [-0.2, -0.15) is 13.2 Å². The molecule has 0 aliphatic heterocycles. The van der Waals surface area contributed by atoms with Crippen LogP contribution in [0.1, 0.15) is 16.1 Å². The smallest absolute Gasteiger partial charge is 0.476 e. The molecule has 0 saturated heterocycles. The zero-order chi connectivity index (χ0) is 15.0. The summed E-state index contributed by atoms with van der Waals surface area (Å²) in [6.07, 6.45) is -10.2. The van der Waals surface area contributed by atoms with Gasteiger partial charge in [0.05, 0.1) is 0 Å². The number of alkyl halides is 6. The van der Waals surface area contributed by atoms with Crippen LogP contribution in [0.3, 0.4) is 0 Å². The SMILES string of the molecule is O=C(O)c1ncc(I)c(C(F)(F)F)c1OC(F)(F)F. The van der Waals surface area contributed by atoms with Crippen molar-refractivity contribution in [3.05, 3.63) is 21.0 Å². The summed E-state index contributed by atoms with van der Waals surface area (Å²) in [4.78, 5) is 13.6. The van der Waals surface area contributed by atoms with Crippen molar-refractivity contribution in [2.75, 3.05) is 0 Å². The van der Waals surface area contributed by atoms with E-state index in [-0.39, 0.29) is 0 Å². The Morgan fingerprint density at radius 1 is 1.26 bits per heavy atom. The Bertz CT molecular complexity index is 512. The molecule has 0 unspecified atom stereocenters. The minimum atomic E-state index is -5.48. The first-order chi connectivity index (χ1) is 8.43. The molecule has 4 nitrogen and oxygen atoms in total. The third-order valence-electron chi connectivity index (χ3n) is 1.69. The Kier molecular flexibility index (Phi) is 4.17. The Hall–Kier alpha value is -1.27. The van der Waals surface area contributed by atoms with Crippen LogP contribution < -0.4 is 4.74 Å². The second kappa shape index (κ2) is 5.02. The lowest BCUT2D eigenvalue weighted by molar-refractivity contribution is -0.276. The fraction of sp³-hybridized carbons (Fsp3) is 0.250. The van der Waals surface area contributed by atoms with Gasteiger partial charge in [0.2, 0.25) is 0 Å². The lowest BCUT2D eigenvalue weighted by Gasteiger charge is -2.17. The van der Waals surface area contributed by atoms with Crippen LogP contribution in [-0.2, 0) is 6.18 Å². The number of aromatic nitrogens is 1. The topological polar surface area (TPSA) is 59.4 Å². The number of carbonyl (C=O) groups is 1. The van der Waals surface area contributed by atoms with E-state index in [0.29, 0.717) is 6.20 Å². The highest BCUT2D eigenvalue weighted by molar-refractivity contribution is 14.1. The average Bonchev–Trinajstić information content (AvgIpc) is 2.11. The highest BCUT2D eigenvalue weighted by Crippen LogP contribution is 2.42. The Balaban J connectivity index is 3.60. The van der Waals surface area contributed by atoms with E-state index < -0.39 is 39.1 Å². The largest absolute Gasteiger partial charge is 0.573 e. The van der Waals surface area contributed by atoms with Crippen molar-refractivity contribution >= 4 is 28.6 Å². The van der Waals surface area contributed by atoms with Crippen LogP contribution in [0.5, 0.6) is 5.75 Å². The van der Waals surface area contributed by atoms with E-state index in [4.69, 9.17) is 5.11 Å². The van der Waals surface area contributed by atoms with Crippen LogP contribution in [0.4, 0.5) is 26.3 Å². The van der Waals surface area contributed by atoms with Gasteiger partial charge in [-0.3, -0.25) is 0 Å².